The lowest BCUT2D eigenvalue weighted by atomic mass is 10.2. The molecule has 0 unspecified atom stereocenters. The van der Waals surface area contributed by atoms with Gasteiger partial charge in [0.25, 0.3) is 10.0 Å². The summed E-state index contributed by atoms with van der Waals surface area (Å²) in [6.07, 6.45) is 0. The van der Waals surface area contributed by atoms with Crippen molar-refractivity contribution in [2.75, 3.05) is 17.6 Å². The van der Waals surface area contributed by atoms with Gasteiger partial charge in [-0.25, -0.2) is 18.1 Å². The fraction of sp³-hybridized carbons (Fsp3) is 0.231. The number of nitrogens with one attached hydrogen (secondary N) is 1. The SMILES string of the molecule is COc1cc(C)nc(NS(=O)(=O)c2cc(C)cc(N)c2)n1. The molecule has 0 spiro atoms. The zero-order valence-corrected chi connectivity index (χ0v) is 12.7. The summed E-state index contributed by atoms with van der Waals surface area (Å²) in [5.74, 6) is 0.232. The molecular weight excluding hydrogens is 292 g/mol. The Morgan fingerprint density at radius 3 is 2.48 bits per heavy atom. The molecule has 0 radical (unpaired) electrons. The Morgan fingerprint density at radius 2 is 1.86 bits per heavy atom. The minimum absolute atomic E-state index is 0.0491. The van der Waals surface area contributed by atoms with Gasteiger partial charge < -0.3 is 10.5 Å². The molecule has 0 aliphatic rings. The molecule has 3 N–H and O–H groups in total. The highest BCUT2D eigenvalue weighted by Crippen LogP contribution is 2.19. The van der Waals surface area contributed by atoms with E-state index in [1.165, 1.54) is 19.2 Å². The van der Waals surface area contributed by atoms with Crippen LogP contribution in [0.4, 0.5) is 11.6 Å². The topological polar surface area (TPSA) is 107 Å². The molecule has 2 rings (SSSR count). The van der Waals surface area contributed by atoms with E-state index in [9.17, 15) is 8.42 Å². The van der Waals surface area contributed by atoms with Crippen molar-refractivity contribution in [3.8, 4) is 5.88 Å². The first-order chi connectivity index (χ1) is 9.80. The highest BCUT2D eigenvalue weighted by atomic mass is 32.2. The maximum atomic E-state index is 12.3. The number of sulfonamides is 1. The minimum Gasteiger partial charge on any atom is -0.481 e. The number of hydrogen-bond donors (Lipinski definition) is 2. The van der Waals surface area contributed by atoms with Crippen LogP contribution in [0.5, 0.6) is 5.88 Å². The van der Waals surface area contributed by atoms with E-state index in [0.717, 1.165) is 5.56 Å². The van der Waals surface area contributed by atoms with E-state index in [-0.39, 0.29) is 16.7 Å². The summed E-state index contributed by atoms with van der Waals surface area (Å²) < 4.78 is 32.0. The highest BCUT2D eigenvalue weighted by Gasteiger charge is 2.17. The van der Waals surface area contributed by atoms with Gasteiger partial charge in [0, 0.05) is 17.4 Å². The molecule has 8 heteroatoms. The third-order valence-electron chi connectivity index (χ3n) is 2.65. The second-order valence-corrected chi connectivity index (χ2v) is 6.24. The Labute approximate surface area is 123 Å². The molecule has 112 valence electrons. The van der Waals surface area contributed by atoms with E-state index in [0.29, 0.717) is 11.4 Å². The number of benzene rings is 1. The first-order valence-corrected chi connectivity index (χ1v) is 7.58. The van der Waals surface area contributed by atoms with Crippen molar-refractivity contribution >= 4 is 21.7 Å². The van der Waals surface area contributed by atoms with Gasteiger partial charge in [0.1, 0.15) is 0 Å². The lowest BCUT2D eigenvalue weighted by Gasteiger charge is -2.09. The Kier molecular flexibility index (Phi) is 3.99. The number of ether oxygens (including phenoxy) is 1. The van der Waals surface area contributed by atoms with Crippen LogP contribution in [0.2, 0.25) is 0 Å². The zero-order valence-electron chi connectivity index (χ0n) is 11.9. The molecule has 0 bridgehead atoms. The molecule has 0 aliphatic carbocycles. The summed E-state index contributed by atoms with van der Waals surface area (Å²) >= 11 is 0. The molecule has 2 aromatic rings. The summed E-state index contributed by atoms with van der Waals surface area (Å²) in [6, 6.07) is 6.18. The van der Waals surface area contributed by atoms with E-state index in [2.05, 4.69) is 14.7 Å². The molecule has 0 atom stereocenters. The van der Waals surface area contributed by atoms with Crippen molar-refractivity contribution in [1.29, 1.82) is 0 Å². The molecule has 21 heavy (non-hydrogen) atoms. The number of rotatable bonds is 4. The molecule has 0 saturated heterocycles. The van der Waals surface area contributed by atoms with Gasteiger partial charge in [-0.15, -0.1) is 0 Å². The van der Waals surface area contributed by atoms with Crippen LogP contribution in [0, 0.1) is 13.8 Å². The third-order valence-corrected chi connectivity index (χ3v) is 3.96. The second-order valence-electron chi connectivity index (χ2n) is 4.56. The van der Waals surface area contributed by atoms with Crippen LogP contribution < -0.4 is 15.2 Å². The number of nitrogens with zero attached hydrogens (tertiary/aromatic N) is 2. The largest absolute Gasteiger partial charge is 0.481 e. The normalized spacial score (nSPS) is 11.2. The molecule has 1 aromatic carbocycles. The summed E-state index contributed by atoms with van der Waals surface area (Å²) in [4.78, 5) is 8.04. The van der Waals surface area contributed by atoms with Gasteiger partial charge in [0.2, 0.25) is 11.8 Å². The van der Waals surface area contributed by atoms with Gasteiger partial charge in [0.05, 0.1) is 12.0 Å². The van der Waals surface area contributed by atoms with Crippen LogP contribution >= 0.6 is 0 Å². The van der Waals surface area contributed by atoms with Crippen molar-refractivity contribution in [1.82, 2.24) is 9.97 Å². The van der Waals surface area contributed by atoms with Gasteiger partial charge >= 0.3 is 0 Å². The van der Waals surface area contributed by atoms with Crippen LogP contribution in [0.3, 0.4) is 0 Å². The average Bonchev–Trinajstić information content (AvgIpc) is 2.36. The van der Waals surface area contributed by atoms with Crippen molar-refractivity contribution < 1.29 is 13.2 Å². The quantitative estimate of drug-likeness (QED) is 0.829. The van der Waals surface area contributed by atoms with Crippen LogP contribution in [0.1, 0.15) is 11.3 Å². The lowest BCUT2D eigenvalue weighted by molar-refractivity contribution is 0.397. The van der Waals surface area contributed by atoms with Gasteiger partial charge in [-0.3, -0.25) is 0 Å². The number of nitrogens with two attached hydrogens (primary N) is 1. The molecule has 1 aromatic heterocycles. The fourth-order valence-corrected chi connectivity index (χ4v) is 2.88. The summed E-state index contributed by atoms with van der Waals surface area (Å²) in [6.45, 7) is 3.48. The summed E-state index contributed by atoms with van der Waals surface area (Å²) in [7, 11) is -2.36. The van der Waals surface area contributed by atoms with Crippen molar-refractivity contribution in [2.45, 2.75) is 18.7 Å². The monoisotopic (exact) mass is 308 g/mol. The summed E-state index contributed by atoms with van der Waals surface area (Å²) in [5.41, 5.74) is 7.38. The maximum absolute atomic E-state index is 12.3. The number of anilines is 2. The van der Waals surface area contributed by atoms with E-state index in [1.807, 2.05) is 0 Å². The van der Waals surface area contributed by atoms with Gasteiger partial charge in [-0.1, -0.05) is 0 Å². The Hall–Kier alpha value is -2.35. The fourth-order valence-electron chi connectivity index (χ4n) is 1.80. The van der Waals surface area contributed by atoms with E-state index >= 15 is 0 Å². The number of hydrogen-bond acceptors (Lipinski definition) is 6. The van der Waals surface area contributed by atoms with Gasteiger partial charge in [0.15, 0.2) is 0 Å². The smallest absolute Gasteiger partial charge is 0.264 e. The van der Waals surface area contributed by atoms with E-state index in [4.69, 9.17) is 10.5 Å². The Morgan fingerprint density at radius 1 is 1.14 bits per heavy atom. The zero-order chi connectivity index (χ0) is 15.6. The molecule has 7 nitrogen and oxygen atoms in total. The highest BCUT2D eigenvalue weighted by molar-refractivity contribution is 7.92. The Bertz CT molecular complexity index is 755. The molecule has 0 fully saturated rings. The lowest BCUT2D eigenvalue weighted by Crippen LogP contribution is -2.16. The number of methoxy groups -OCH3 is 1. The van der Waals surface area contributed by atoms with Crippen LogP contribution in [0.15, 0.2) is 29.2 Å². The van der Waals surface area contributed by atoms with Gasteiger partial charge in [-0.05, 0) is 37.6 Å². The minimum atomic E-state index is -3.81. The number of nitrogen functional groups attached to an aromatic ring is 1. The van der Waals surface area contributed by atoms with Crippen LogP contribution in [0.25, 0.3) is 0 Å². The molecular formula is C13H16N4O3S. The number of aryl methyl sites for hydroxylation is 2. The molecule has 0 saturated carbocycles. The van der Waals surface area contributed by atoms with Crippen molar-refractivity contribution in [3.63, 3.8) is 0 Å². The van der Waals surface area contributed by atoms with E-state index < -0.39 is 10.0 Å². The van der Waals surface area contributed by atoms with Crippen LogP contribution in [-0.2, 0) is 10.0 Å². The molecule has 0 aliphatic heterocycles. The van der Waals surface area contributed by atoms with Gasteiger partial charge in [-0.2, -0.15) is 4.98 Å². The van der Waals surface area contributed by atoms with Crippen molar-refractivity contribution in [3.05, 3.63) is 35.5 Å². The first kappa shape index (κ1) is 15.0. The summed E-state index contributed by atoms with van der Waals surface area (Å²) in [5, 5.41) is 0. The number of aromatic nitrogens is 2. The Balaban J connectivity index is 2.39. The maximum Gasteiger partial charge on any atom is 0.264 e. The van der Waals surface area contributed by atoms with Crippen molar-refractivity contribution in [2.24, 2.45) is 0 Å². The van der Waals surface area contributed by atoms with E-state index in [1.54, 1.807) is 26.0 Å². The molecule has 1 heterocycles. The predicted octanol–water partition coefficient (Wildman–Crippen LogP) is 1.49. The first-order valence-electron chi connectivity index (χ1n) is 6.10. The predicted molar refractivity (Wildman–Crippen MR) is 79.7 cm³/mol. The average molecular weight is 308 g/mol. The molecule has 0 amide bonds. The standard InChI is InChI=1S/C13H16N4O3S/c1-8-4-10(14)7-11(5-8)21(18,19)17-13-15-9(2)6-12(16-13)20-3/h4-7H,14H2,1-3H3,(H,15,16,17). The van der Waals surface area contributed by atoms with Crippen LogP contribution in [-0.4, -0.2) is 25.5 Å². The third kappa shape index (κ3) is 3.60. The second kappa shape index (κ2) is 5.57.